The Morgan fingerprint density at radius 1 is 1.37 bits per heavy atom. The van der Waals surface area contributed by atoms with E-state index in [1.54, 1.807) is 6.07 Å². The van der Waals surface area contributed by atoms with Crippen molar-refractivity contribution >= 4 is 17.6 Å². The molecule has 0 fully saturated rings. The number of halogens is 1. The Labute approximate surface area is 107 Å². The van der Waals surface area contributed by atoms with Crippen LogP contribution in [0.25, 0.3) is 0 Å². The summed E-state index contributed by atoms with van der Waals surface area (Å²) < 4.78 is 13.6. The van der Waals surface area contributed by atoms with Crippen molar-refractivity contribution in [2.45, 2.75) is 6.42 Å². The second kappa shape index (κ2) is 5.30. The molecule has 1 amide bonds. The summed E-state index contributed by atoms with van der Waals surface area (Å²) in [5.41, 5.74) is -0.0804. The molecule has 1 aromatic heterocycles. The molecule has 0 aliphatic rings. The Morgan fingerprint density at radius 2 is 2.16 bits per heavy atom. The molecule has 0 bridgehead atoms. The Kier molecular flexibility index (Phi) is 3.56. The molecular weight excluding hydrogens is 253 g/mol. The molecule has 19 heavy (non-hydrogen) atoms. The molecule has 0 spiro atoms. The molecule has 2 rings (SSSR count). The zero-order valence-electron chi connectivity index (χ0n) is 9.68. The van der Waals surface area contributed by atoms with Crippen molar-refractivity contribution in [3.8, 4) is 0 Å². The molecule has 0 aliphatic carbocycles. The number of nitrogens with one attached hydrogen (secondary N) is 2. The maximum Gasteiger partial charge on any atom is 0.337 e. The molecule has 0 saturated carbocycles. The Hall–Kier alpha value is -2.70. The first-order valence-electron chi connectivity index (χ1n) is 5.38. The topological polar surface area (TPSA) is 95.1 Å². The molecule has 0 unspecified atom stereocenters. The number of hydrogen-bond donors (Lipinski definition) is 3. The number of carbonyl (C=O) groups is 2. The van der Waals surface area contributed by atoms with Gasteiger partial charge in [-0.25, -0.2) is 9.18 Å². The zero-order chi connectivity index (χ0) is 13.8. The van der Waals surface area contributed by atoms with Gasteiger partial charge in [0.2, 0.25) is 5.91 Å². The second-order valence-electron chi connectivity index (χ2n) is 3.77. The van der Waals surface area contributed by atoms with E-state index in [-0.39, 0.29) is 17.7 Å². The van der Waals surface area contributed by atoms with E-state index in [9.17, 15) is 14.0 Å². The van der Waals surface area contributed by atoms with E-state index in [0.29, 0.717) is 5.69 Å². The van der Waals surface area contributed by atoms with Crippen LogP contribution in [-0.2, 0) is 11.2 Å². The predicted octanol–water partition coefficient (Wildman–Crippen LogP) is 1.43. The van der Waals surface area contributed by atoms with Crippen LogP contribution in [0.1, 0.15) is 16.1 Å². The first-order valence-corrected chi connectivity index (χ1v) is 5.38. The molecule has 98 valence electrons. The smallest absolute Gasteiger partial charge is 0.337 e. The highest BCUT2D eigenvalue weighted by molar-refractivity contribution is 6.01. The summed E-state index contributed by atoms with van der Waals surface area (Å²) in [6.07, 6.45) is 1.43. The number of benzene rings is 1. The summed E-state index contributed by atoms with van der Waals surface area (Å²) in [5.74, 6) is -2.63. The number of carbonyl (C=O) groups excluding carboxylic acids is 1. The highest BCUT2D eigenvalue weighted by atomic mass is 19.1. The number of hydrogen-bond acceptors (Lipinski definition) is 3. The summed E-state index contributed by atoms with van der Waals surface area (Å²) >= 11 is 0. The summed E-state index contributed by atoms with van der Waals surface area (Å²) in [6.45, 7) is 0. The molecule has 7 heteroatoms. The molecule has 3 N–H and O–H groups in total. The van der Waals surface area contributed by atoms with Gasteiger partial charge in [0.25, 0.3) is 0 Å². The van der Waals surface area contributed by atoms with Crippen LogP contribution in [0.15, 0.2) is 30.5 Å². The van der Waals surface area contributed by atoms with E-state index in [2.05, 4.69) is 15.5 Å². The SMILES string of the molecule is O=C(Cc1ccn[nH]1)Nc1c(F)cccc1C(=O)O. The molecule has 0 aliphatic heterocycles. The number of carboxylic acids is 1. The zero-order valence-corrected chi connectivity index (χ0v) is 9.68. The summed E-state index contributed by atoms with van der Waals surface area (Å²) in [6, 6.07) is 5.16. The molecule has 2 aromatic rings. The predicted molar refractivity (Wildman–Crippen MR) is 64.3 cm³/mol. The third-order valence-corrected chi connectivity index (χ3v) is 2.42. The number of rotatable bonds is 4. The van der Waals surface area contributed by atoms with Crippen LogP contribution < -0.4 is 5.32 Å². The number of para-hydroxylation sites is 1. The van der Waals surface area contributed by atoms with Gasteiger partial charge in [0.1, 0.15) is 5.82 Å². The fraction of sp³-hybridized carbons (Fsp3) is 0.0833. The number of aromatic carboxylic acids is 1. The van der Waals surface area contributed by atoms with Gasteiger partial charge in [-0.05, 0) is 18.2 Å². The van der Waals surface area contributed by atoms with Crippen LogP contribution in [-0.4, -0.2) is 27.2 Å². The van der Waals surface area contributed by atoms with Gasteiger partial charge in [0.05, 0.1) is 17.7 Å². The van der Waals surface area contributed by atoms with Crippen molar-refractivity contribution in [3.63, 3.8) is 0 Å². The summed E-state index contributed by atoms with van der Waals surface area (Å²) in [4.78, 5) is 22.6. The van der Waals surface area contributed by atoms with Crippen molar-refractivity contribution < 1.29 is 19.1 Å². The quantitative estimate of drug-likeness (QED) is 0.777. The molecule has 0 saturated heterocycles. The van der Waals surface area contributed by atoms with Crippen LogP contribution in [0.4, 0.5) is 10.1 Å². The summed E-state index contributed by atoms with van der Waals surface area (Å²) in [5, 5.41) is 17.4. The van der Waals surface area contributed by atoms with E-state index in [4.69, 9.17) is 5.11 Å². The molecule has 1 heterocycles. The van der Waals surface area contributed by atoms with Gasteiger partial charge in [-0.2, -0.15) is 5.10 Å². The van der Waals surface area contributed by atoms with Gasteiger partial charge in [0.15, 0.2) is 0 Å². The lowest BCUT2D eigenvalue weighted by Gasteiger charge is -2.08. The normalized spacial score (nSPS) is 10.2. The standard InChI is InChI=1S/C12H10FN3O3/c13-9-3-1-2-8(12(18)19)11(9)15-10(17)6-7-4-5-14-16-7/h1-5H,6H2,(H,14,16)(H,15,17)(H,18,19). The Morgan fingerprint density at radius 3 is 2.79 bits per heavy atom. The van der Waals surface area contributed by atoms with Crippen LogP contribution in [0, 0.1) is 5.82 Å². The van der Waals surface area contributed by atoms with Gasteiger partial charge >= 0.3 is 5.97 Å². The Balaban J connectivity index is 2.19. The lowest BCUT2D eigenvalue weighted by atomic mass is 10.1. The molecule has 1 aromatic carbocycles. The number of H-pyrrole nitrogens is 1. The van der Waals surface area contributed by atoms with Crippen molar-refractivity contribution in [2.24, 2.45) is 0 Å². The van der Waals surface area contributed by atoms with E-state index in [1.165, 1.54) is 18.3 Å². The number of amides is 1. The van der Waals surface area contributed by atoms with Crippen LogP contribution in [0.2, 0.25) is 0 Å². The van der Waals surface area contributed by atoms with Crippen molar-refractivity contribution in [2.75, 3.05) is 5.32 Å². The van der Waals surface area contributed by atoms with Crippen LogP contribution in [0.3, 0.4) is 0 Å². The fourth-order valence-corrected chi connectivity index (χ4v) is 1.57. The first-order chi connectivity index (χ1) is 9.08. The van der Waals surface area contributed by atoms with Crippen molar-refractivity contribution in [1.82, 2.24) is 10.2 Å². The lowest BCUT2D eigenvalue weighted by molar-refractivity contribution is -0.115. The number of anilines is 1. The van der Waals surface area contributed by atoms with Crippen LogP contribution >= 0.6 is 0 Å². The number of carboxylic acid groups (broad SMARTS) is 1. The average Bonchev–Trinajstić information content (AvgIpc) is 2.84. The van der Waals surface area contributed by atoms with E-state index in [0.717, 1.165) is 6.07 Å². The molecular formula is C12H10FN3O3. The monoisotopic (exact) mass is 263 g/mol. The van der Waals surface area contributed by atoms with Crippen molar-refractivity contribution in [1.29, 1.82) is 0 Å². The minimum absolute atomic E-state index is 0.0482. The number of nitrogens with zero attached hydrogens (tertiary/aromatic N) is 1. The lowest BCUT2D eigenvalue weighted by Crippen LogP contribution is -2.18. The van der Waals surface area contributed by atoms with E-state index < -0.39 is 17.7 Å². The van der Waals surface area contributed by atoms with Crippen LogP contribution in [0.5, 0.6) is 0 Å². The molecule has 0 radical (unpaired) electrons. The Bertz CT molecular complexity index is 611. The third kappa shape index (κ3) is 2.95. The van der Waals surface area contributed by atoms with E-state index in [1.807, 2.05) is 0 Å². The highest BCUT2D eigenvalue weighted by Gasteiger charge is 2.16. The maximum atomic E-state index is 13.6. The second-order valence-corrected chi connectivity index (χ2v) is 3.77. The minimum Gasteiger partial charge on any atom is -0.478 e. The highest BCUT2D eigenvalue weighted by Crippen LogP contribution is 2.20. The number of aromatic nitrogens is 2. The first kappa shape index (κ1) is 12.7. The maximum absolute atomic E-state index is 13.6. The van der Waals surface area contributed by atoms with Crippen molar-refractivity contribution in [3.05, 3.63) is 47.5 Å². The summed E-state index contributed by atoms with van der Waals surface area (Å²) in [7, 11) is 0. The average molecular weight is 263 g/mol. The minimum atomic E-state index is -1.31. The van der Waals surface area contributed by atoms with Gasteiger partial charge < -0.3 is 10.4 Å². The largest absolute Gasteiger partial charge is 0.478 e. The fourth-order valence-electron chi connectivity index (χ4n) is 1.57. The molecule has 6 nitrogen and oxygen atoms in total. The third-order valence-electron chi connectivity index (χ3n) is 2.42. The van der Waals surface area contributed by atoms with Gasteiger partial charge in [0, 0.05) is 11.9 Å². The number of aromatic amines is 1. The van der Waals surface area contributed by atoms with Gasteiger partial charge in [-0.1, -0.05) is 6.07 Å². The van der Waals surface area contributed by atoms with Gasteiger partial charge in [-0.15, -0.1) is 0 Å². The molecule has 0 atom stereocenters. The van der Waals surface area contributed by atoms with E-state index >= 15 is 0 Å². The van der Waals surface area contributed by atoms with Gasteiger partial charge in [-0.3, -0.25) is 9.89 Å².